The predicted octanol–water partition coefficient (Wildman–Crippen LogP) is 1.94. The average molecular weight is 297 g/mol. The van der Waals surface area contributed by atoms with Gasteiger partial charge < -0.3 is 15.0 Å². The van der Waals surface area contributed by atoms with E-state index in [-0.39, 0.29) is 0 Å². The van der Waals surface area contributed by atoms with Gasteiger partial charge >= 0.3 is 0 Å². The quantitative estimate of drug-likeness (QED) is 0.744. The van der Waals surface area contributed by atoms with Gasteiger partial charge in [-0.2, -0.15) is 0 Å². The molecule has 1 fully saturated rings. The molecule has 0 radical (unpaired) electrons. The summed E-state index contributed by atoms with van der Waals surface area (Å²) >= 11 is 1.79. The number of aromatic nitrogens is 1. The largest absolute Gasteiger partial charge is 0.383 e. The van der Waals surface area contributed by atoms with Crippen molar-refractivity contribution in [2.45, 2.75) is 26.2 Å². The van der Waals surface area contributed by atoms with E-state index in [1.165, 1.54) is 43.0 Å². The van der Waals surface area contributed by atoms with Crippen LogP contribution in [-0.2, 0) is 11.2 Å². The number of aryl methyl sites for hydroxylation is 1. The van der Waals surface area contributed by atoms with E-state index in [1.54, 1.807) is 18.4 Å². The summed E-state index contributed by atoms with van der Waals surface area (Å²) in [5.41, 5.74) is 3.17. The van der Waals surface area contributed by atoms with Crippen LogP contribution in [0.25, 0.3) is 0 Å². The summed E-state index contributed by atoms with van der Waals surface area (Å²) in [6, 6.07) is 0. The molecule has 20 heavy (non-hydrogen) atoms. The maximum atomic E-state index is 5.07. The number of methoxy groups -OCH3 is 1. The van der Waals surface area contributed by atoms with Crippen molar-refractivity contribution in [2.24, 2.45) is 5.92 Å². The molecule has 0 aliphatic carbocycles. The van der Waals surface area contributed by atoms with Gasteiger partial charge in [0.15, 0.2) is 0 Å². The van der Waals surface area contributed by atoms with Crippen molar-refractivity contribution in [3.8, 4) is 0 Å². The molecule has 1 aliphatic rings. The number of ether oxygens (including phenoxy) is 1. The van der Waals surface area contributed by atoms with E-state index in [1.807, 2.05) is 5.51 Å². The van der Waals surface area contributed by atoms with Crippen LogP contribution in [0.4, 0.5) is 0 Å². The molecule has 1 saturated heterocycles. The summed E-state index contributed by atoms with van der Waals surface area (Å²) in [4.78, 5) is 8.40. The fourth-order valence-electron chi connectivity index (χ4n) is 2.83. The van der Waals surface area contributed by atoms with Crippen LogP contribution in [0.2, 0.25) is 0 Å². The lowest BCUT2D eigenvalue weighted by molar-refractivity contribution is 0.166. The fraction of sp³-hybridized carbons (Fsp3) is 0.800. The highest BCUT2D eigenvalue weighted by Gasteiger charge is 2.19. The van der Waals surface area contributed by atoms with Crippen molar-refractivity contribution >= 4 is 11.3 Å². The maximum absolute atomic E-state index is 5.07. The van der Waals surface area contributed by atoms with Gasteiger partial charge in [0.25, 0.3) is 0 Å². The van der Waals surface area contributed by atoms with Crippen molar-refractivity contribution in [3.05, 3.63) is 16.1 Å². The van der Waals surface area contributed by atoms with Crippen molar-refractivity contribution in [1.29, 1.82) is 0 Å². The molecule has 1 atom stereocenters. The van der Waals surface area contributed by atoms with E-state index in [0.717, 1.165) is 32.0 Å². The SMILES string of the molecule is COCCNCC1CCCN(CCc2scnc2C)C1. The Labute approximate surface area is 126 Å². The molecule has 5 heteroatoms. The number of piperidine rings is 1. The first kappa shape index (κ1) is 15.9. The zero-order chi connectivity index (χ0) is 14.2. The van der Waals surface area contributed by atoms with Gasteiger partial charge in [-0.1, -0.05) is 0 Å². The Morgan fingerprint density at radius 1 is 1.55 bits per heavy atom. The average Bonchev–Trinajstić information content (AvgIpc) is 2.87. The van der Waals surface area contributed by atoms with Gasteiger partial charge in [-0.15, -0.1) is 11.3 Å². The number of hydrogen-bond donors (Lipinski definition) is 1. The molecule has 0 aromatic carbocycles. The third-order valence-electron chi connectivity index (χ3n) is 4.02. The van der Waals surface area contributed by atoms with E-state index >= 15 is 0 Å². The van der Waals surface area contributed by atoms with E-state index in [9.17, 15) is 0 Å². The molecule has 1 unspecified atom stereocenters. The summed E-state index contributed by atoms with van der Waals surface area (Å²) in [5, 5.41) is 3.50. The second-order valence-corrected chi connectivity index (χ2v) is 6.56. The minimum Gasteiger partial charge on any atom is -0.383 e. The number of likely N-dealkylation sites (tertiary alicyclic amines) is 1. The molecule has 0 amide bonds. The Morgan fingerprint density at radius 2 is 2.45 bits per heavy atom. The molecule has 1 aromatic rings. The van der Waals surface area contributed by atoms with Crippen molar-refractivity contribution in [2.75, 3.05) is 46.4 Å². The molecule has 1 aliphatic heterocycles. The van der Waals surface area contributed by atoms with Crippen molar-refractivity contribution < 1.29 is 4.74 Å². The molecule has 114 valence electrons. The Morgan fingerprint density at radius 3 is 3.20 bits per heavy atom. The van der Waals surface area contributed by atoms with Crippen LogP contribution in [0.15, 0.2) is 5.51 Å². The van der Waals surface area contributed by atoms with E-state index in [2.05, 4.69) is 22.1 Å². The Hall–Kier alpha value is -0.490. The van der Waals surface area contributed by atoms with Gasteiger partial charge in [-0.3, -0.25) is 0 Å². The smallest absolute Gasteiger partial charge is 0.0797 e. The van der Waals surface area contributed by atoms with Crippen LogP contribution in [0.5, 0.6) is 0 Å². The number of nitrogens with one attached hydrogen (secondary N) is 1. The summed E-state index contributed by atoms with van der Waals surface area (Å²) in [7, 11) is 1.76. The summed E-state index contributed by atoms with van der Waals surface area (Å²) in [6.07, 6.45) is 3.84. The molecule has 1 N–H and O–H groups in total. The number of hydrogen-bond acceptors (Lipinski definition) is 5. The lowest BCUT2D eigenvalue weighted by Gasteiger charge is -2.32. The highest BCUT2D eigenvalue weighted by atomic mass is 32.1. The van der Waals surface area contributed by atoms with Crippen LogP contribution in [-0.4, -0.2) is 56.3 Å². The van der Waals surface area contributed by atoms with Gasteiger partial charge in [0, 0.05) is 31.6 Å². The van der Waals surface area contributed by atoms with Gasteiger partial charge in [-0.25, -0.2) is 4.98 Å². The van der Waals surface area contributed by atoms with Crippen LogP contribution in [0.3, 0.4) is 0 Å². The van der Waals surface area contributed by atoms with Crippen molar-refractivity contribution in [3.63, 3.8) is 0 Å². The number of thiazole rings is 1. The molecule has 0 spiro atoms. The predicted molar refractivity (Wildman–Crippen MR) is 84.5 cm³/mol. The minimum atomic E-state index is 0.795. The zero-order valence-electron chi connectivity index (χ0n) is 12.7. The first-order valence-electron chi connectivity index (χ1n) is 7.60. The summed E-state index contributed by atoms with van der Waals surface area (Å²) in [6.45, 7) is 8.68. The topological polar surface area (TPSA) is 37.4 Å². The Kier molecular flexibility index (Phi) is 6.93. The summed E-state index contributed by atoms with van der Waals surface area (Å²) < 4.78 is 5.07. The molecular formula is C15H27N3OS. The van der Waals surface area contributed by atoms with Gasteiger partial charge in [0.1, 0.15) is 0 Å². The number of nitrogens with zero attached hydrogens (tertiary/aromatic N) is 2. The molecule has 0 saturated carbocycles. The Bertz CT molecular complexity index is 383. The standard InChI is InChI=1S/C15H27N3OS/c1-13-15(20-12-17-13)5-8-18-7-3-4-14(11-18)10-16-6-9-19-2/h12,14,16H,3-11H2,1-2H3. The molecule has 0 bridgehead atoms. The molecule has 2 rings (SSSR count). The minimum absolute atomic E-state index is 0.795. The molecule has 2 heterocycles. The Balaban J connectivity index is 1.66. The van der Waals surface area contributed by atoms with Crippen LogP contribution in [0, 0.1) is 12.8 Å². The number of rotatable bonds is 8. The maximum Gasteiger partial charge on any atom is 0.0797 e. The second kappa shape index (κ2) is 8.72. The summed E-state index contributed by atoms with van der Waals surface area (Å²) in [5.74, 6) is 0.795. The normalized spacial score (nSPS) is 20.4. The highest BCUT2D eigenvalue weighted by Crippen LogP contribution is 2.18. The van der Waals surface area contributed by atoms with Gasteiger partial charge in [-0.05, 0) is 45.2 Å². The second-order valence-electron chi connectivity index (χ2n) is 5.62. The first-order valence-corrected chi connectivity index (χ1v) is 8.48. The molecular weight excluding hydrogens is 270 g/mol. The van der Waals surface area contributed by atoms with Gasteiger partial charge in [0.05, 0.1) is 17.8 Å². The molecule has 1 aromatic heterocycles. The lowest BCUT2D eigenvalue weighted by Crippen LogP contribution is -2.41. The van der Waals surface area contributed by atoms with E-state index in [0.29, 0.717) is 0 Å². The lowest BCUT2D eigenvalue weighted by atomic mass is 9.98. The van der Waals surface area contributed by atoms with Gasteiger partial charge in [0.2, 0.25) is 0 Å². The van der Waals surface area contributed by atoms with Crippen LogP contribution >= 0.6 is 11.3 Å². The van der Waals surface area contributed by atoms with Crippen molar-refractivity contribution in [1.82, 2.24) is 15.2 Å². The van der Waals surface area contributed by atoms with E-state index < -0.39 is 0 Å². The van der Waals surface area contributed by atoms with Crippen LogP contribution < -0.4 is 5.32 Å². The highest BCUT2D eigenvalue weighted by molar-refractivity contribution is 7.09. The molecule has 4 nitrogen and oxygen atoms in total. The third kappa shape index (κ3) is 5.13. The van der Waals surface area contributed by atoms with E-state index in [4.69, 9.17) is 4.74 Å². The first-order chi connectivity index (χ1) is 9.79. The van der Waals surface area contributed by atoms with Crippen LogP contribution in [0.1, 0.15) is 23.4 Å². The fourth-order valence-corrected chi connectivity index (χ4v) is 3.60. The zero-order valence-corrected chi connectivity index (χ0v) is 13.5. The third-order valence-corrected chi connectivity index (χ3v) is 5.01. The monoisotopic (exact) mass is 297 g/mol.